The summed E-state index contributed by atoms with van der Waals surface area (Å²) in [4.78, 5) is 44.5. The van der Waals surface area contributed by atoms with Gasteiger partial charge in [0.2, 0.25) is 11.8 Å². The van der Waals surface area contributed by atoms with Crippen LogP contribution in [-0.4, -0.2) is 34.0 Å². The molecule has 0 aliphatic heterocycles. The lowest BCUT2D eigenvalue weighted by molar-refractivity contribution is -0.138. The van der Waals surface area contributed by atoms with Crippen LogP contribution in [0.4, 0.5) is 11.4 Å². The monoisotopic (exact) mass is 365 g/mol. The third kappa shape index (κ3) is 8.25. The molecule has 0 radical (unpaired) electrons. The standard InChI is InChI=1S/C17H23N3O6/c18-10-11-9-12(19-14(21)3-1-5-16(23)24)7-8-13(11)20-15(22)4-2-6-17(25)26/h7-9H,1-6,10,18H2,(H,19,21)(H,20,22)(H,23,24)(H,25,26). The van der Waals surface area contributed by atoms with E-state index < -0.39 is 11.9 Å². The summed E-state index contributed by atoms with van der Waals surface area (Å²) in [6.07, 6.45) is 0.502. The number of carboxylic acids is 2. The molecule has 1 aromatic carbocycles. The van der Waals surface area contributed by atoms with Crippen molar-refractivity contribution >= 4 is 35.1 Å². The molecule has 0 aromatic heterocycles. The summed E-state index contributed by atoms with van der Waals surface area (Å²) in [6.45, 7) is 0.132. The number of anilines is 2. The van der Waals surface area contributed by atoms with Crippen molar-refractivity contribution in [3.8, 4) is 0 Å². The van der Waals surface area contributed by atoms with Gasteiger partial charge in [-0.3, -0.25) is 19.2 Å². The fraction of sp³-hybridized carbons (Fsp3) is 0.412. The normalized spacial score (nSPS) is 10.2. The number of nitrogens with one attached hydrogen (secondary N) is 2. The zero-order valence-corrected chi connectivity index (χ0v) is 14.3. The maximum atomic E-state index is 11.8. The third-order valence-electron chi connectivity index (χ3n) is 3.47. The third-order valence-corrected chi connectivity index (χ3v) is 3.47. The van der Waals surface area contributed by atoms with Crippen LogP contribution in [0, 0.1) is 0 Å². The summed E-state index contributed by atoms with van der Waals surface area (Å²) < 4.78 is 0. The number of rotatable bonds is 11. The first kappa shape index (κ1) is 21.1. The highest BCUT2D eigenvalue weighted by atomic mass is 16.4. The first-order chi connectivity index (χ1) is 12.3. The number of hydrogen-bond acceptors (Lipinski definition) is 5. The van der Waals surface area contributed by atoms with Gasteiger partial charge >= 0.3 is 11.9 Å². The summed E-state index contributed by atoms with van der Waals surface area (Å²) in [6, 6.07) is 4.83. The first-order valence-corrected chi connectivity index (χ1v) is 8.18. The van der Waals surface area contributed by atoms with Crippen LogP contribution < -0.4 is 16.4 Å². The summed E-state index contributed by atoms with van der Waals surface area (Å²) in [5.41, 5.74) is 7.28. The molecule has 0 aliphatic rings. The molecule has 0 unspecified atom stereocenters. The van der Waals surface area contributed by atoms with E-state index in [1.54, 1.807) is 18.2 Å². The highest BCUT2D eigenvalue weighted by Crippen LogP contribution is 2.21. The van der Waals surface area contributed by atoms with Gasteiger partial charge in [0.25, 0.3) is 0 Å². The Hall–Kier alpha value is -2.94. The molecule has 0 atom stereocenters. The van der Waals surface area contributed by atoms with Crippen molar-refractivity contribution in [1.29, 1.82) is 0 Å². The van der Waals surface area contributed by atoms with Gasteiger partial charge < -0.3 is 26.6 Å². The molecule has 9 heteroatoms. The lowest BCUT2D eigenvalue weighted by atomic mass is 10.1. The molecular weight excluding hydrogens is 342 g/mol. The zero-order chi connectivity index (χ0) is 19.5. The molecule has 1 rings (SSSR count). The van der Waals surface area contributed by atoms with Crippen molar-refractivity contribution in [3.63, 3.8) is 0 Å². The minimum Gasteiger partial charge on any atom is -0.481 e. The highest BCUT2D eigenvalue weighted by Gasteiger charge is 2.10. The molecule has 6 N–H and O–H groups in total. The van der Waals surface area contributed by atoms with Crippen LogP contribution in [0.15, 0.2) is 18.2 Å². The molecule has 2 amide bonds. The average molecular weight is 365 g/mol. The van der Waals surface area contributed by atoms with Gasteiger partial charge in [0.1, 0.15) is 0 Å². The van der Waals surface area contributed by atoms with Gasteiger partial charge in [0.15, 0.2) is 0 Å². The van der Waals surface area contributed by atoms with Crippen LogP contribution in [-0.2, 0) is 25.7 Å². The van der Waals surface area contributed by atoms with Crippen molar-refractivity contribution in [1.82, 2.24) is 0 Å². The summed E-state index contributed by atoms with van der Waals surface area (Å²) in [7, 11) is 0. The Bertz CT molecular complexity index is 674. The second-order valence-corrected chi connectivity index (χ2v) is 5.67. The number of aliphatic carboxylic acids is 2. The number of carbonyl (C=O) groups excluding carboxylic acids is 2. The van der Waals surface area contributed by atoms with Crippen molar-refractivity contribution in [3.05, 3.63) is 23.8 Å². The molecule has 0 fully saturated rings. The van der Waals surface area contributed by atoms with E-state index in [-0.39, 0.29) is 56.9 Å². The Morgan fingerprint density at radius 3 is 1.88 bits per heavy atom. The van der Waals surface area contributed by atoms with E-state index in [4.69, 9.17) is 15.9 Å². The molecule has 0 saturated carbocycles. The number of nitrogens with two attached hydrogens (primary N) is 1. The molecule has 0 saturated heterocycles. The minimum absolute atomic E-state index is 0.0751. The molecule has 1 aromatic rings. The summed E-state index contributed by atoms with van der Waals surface area (Å²) >= 11 is 0. The van der Waals surface area contributed by atoms with E-state index in [2.05, 4.69) is 10.6 Å². The SMILES string of the molecule is NCc1cc(NC(=O)CCCC(=O)O)ccc1NC(=O)CCCC(=O)O. The van der Waals surface area contributed by atoms with E-state index in [1.807, 2.05) is 0 Å². The van der Waals surface area contributed by atoms with Crippen LogP contribution in [0.1, 0.15) is 44.1 Å². The van der Waals surface area contributed by atoms with Gasteiger partial charge in [-0.15, -0.1) is 0 Å². The van der Waals surface area contributed by atoms with Crippen molar-refractivity contribution in [2.24, 2.45) is 5.73 Å². The predicted molar refractivity (Wildman–Crippen MR) is 94.6 cm³/mol. The molecule has 0 bridgehead atoms. The first-order valence-electron chi connectivity index (χ1n) is 8.18. The van der Waals surface area contributed by atoms with Gasteiger partial charge in [-0.2, -0.15) is 0 Å². The molecule has 142 valence electrons. The van der Waals surface area contributed by atoms with Crippen LogP contribution >= 0.6 is 0 Å². The number of benzene rings is 1. The molecule has 9 nitrogen and oxygen atoms in total. The maximum absolute atomic E-state index is 11.8. The van der Waals surface area contributed by atoms with Crippen LogP contribution in [0.2, 0.25) is 0 Å². The van der Waals surface area contributed by atoms with Gasteiger partial charge in [-0.05, 0) is 36.6 Å². The number of carbonyl (C=O) groups is 4. The van der Waals surface area contributed by atoms with Crippen LogP contribution in [0.3, 0.4) is 0 Å². The second kappa shape index (κ2) is 10.8. The number of amides is 2. The van der Waals surface area contributed by atoms with Crippen molar-refractivity contribution in [2.45, 2.75) is 45.1 Å². The quantitative estimate of drug-likeness (QED) is 0.397. The van der Waals surface area contributed by atoms with Gasteiger partial charge in [0, 0.05) is 43.6 Å². The van der Waals surface area contributed by atoms with Crippen LogP contribution in [0.5, 0.6) is 0 Å². The second-order valence-electron chi connectivity index (χ2n) is 5.67. The summed E-state index contributed by atoms with van der Waals surface area (Å²) in [5.74, 6) is -2.53. The van der Waals surface area contributed by atoms with E-state index in [0.29, 0.717) is 16.9 Å². The Kier molecular flexibility index (Phi) is 8.79. The number of hydrogen-bond donors (Lipinski definition) is 5. The largest absolute Gasteiger partial charge is 0.481 e. The fourth-order valence-corrected chi connectivity index (χ4v) is 2.20. The highest BCUT2D eigenvalue weighted by molar-refractivity contribution is 5.94. The fourth-order valence-electron chi connectivity index (χ4n) is 2.20. The van der Waals surface area contributed by atoms with Gasteiger partial charge in [0.05, 0.1) is 0 Å². The topological polar surface area (TPSA) is 159 Å². The maximum Gasteiger partial charge on any atom is 0.303 e. The predicted octanol–water partition coefficient (Wildman–Crippen LogP) is 1.53. The summed E-state index contributed by atoms with van der Waals surface area (Å²) in [5, 5.41) is 22.5. The van der Waals surface area contributed by atoms with Crippen molar-refractivity contribution < 1.29 is 29.4 Å². The van der Waals surface area contributed by atoms with E-state index in [1.165, 1.54) is 0 Å². The Morgan fingerprint density at radius 2 is 1.38 bits per heavy atom. The molecule has 26 heavy (non-hydrogen) atoms. The van der Waals surface area contributed by atoms with E-state index in [0.717, 1.165) is 0 Å². The molecule has 0 heterocycles. The van der Waals surface area contributed by atoms with Gasteiger partial charge in [-0.1, -0.05) is 0 Å². The van der Waals surface area contributed by atoms with Crippen molar-refractivity contribution in [2.75, 3.05) is 10.6 Å². The molecular formula is C17H23N3O6. The Morgan fingerprint density at radius 1 is 0.846 bits per heavy atom. The zero-order valence-electron chi connectivity index (χ0n) is 14.3. The molecule has 0 aliphatic carbocycles. The minimum atomic E-state index is -0.955. The Balaban J connectivity index is 2.60. The van der Waals surface area contributed by atoms with Gasteiger partial charge in [-0.25, -0.2) is 0 Å². The smallest absolute Gasteiger partial charge is 0.303 e. The van der Waals surface area contributed by atoms with E-state index in [9.17, 15) is 19.2 Å². The van der Waals surface area contributed by atoms with E-state index >= 15 is 0 Å². The van der Waals surface area contributed by atoms with Crippen LogP contribution in [0.25, 0.3) is 0 Å². The number of carboxylic acid groups (broad SMARTS) is 2. The molecule has 0 spiro atoms. The Labute approximate surface area is 150 Å². The lowest BCUT2D eigenvalue weighted by Crippen LogP contribution is -2.16. The lowest BCUT2D eigenvalue weighted by Gasteiger charge is -2.12. The average Bonchev–Trinajstić information content (AvgIpc) is 2.55.